The lowest BCUT2D eigenvalue weighted by Gasteiger charge is -2.35. The van der Waals surface area contributed by atoms with Crippen LogP contribution in [0, 0.1) is 0 Å². The molecule has 5 rings (SSSR count). The Balaban J connectivity index is 1.32. The van der Waals surface area contributed by atoms with E-state index in [0.717, 1.165) is 22.7 Å². The van der Waals surface area contributed by atoms with Crippen molar-refractivity contribution in [3.63, 3.8) is 0 Å². The zero-order valence-corrected chi connectivity index (χ0v) is 20.7. The molecule has 2 heterocycles. The second-order valence-electron chi connectivity index (χ2n) is 8.97. The maximum atomic E-state index is 13.4. The summed E-state index contributed by atoms with van der Waals surface area (Å²) in [4.78, 5) is 17.4. The number of hydrogen-bond acceptors (Lipinski definition) is 5. The number of sulfonamides is 1. The fourth-order valence-corrected chi connectivity index (χ4v) is 6.40. The molecule has 35 heavy (non-hydrogen) atoms. The molecule has 0 radical (unpaired) electrons. The molecule has 1 atom stereocenters. The first-order valence-corrected chi connectivity index (χ1v) is 13.2. The zero-order valence-electron chi connectivity index (χ0n) is 19.9. The minimum Gasteiger partial charge on any atom is -0.497 e. The highest BCUT2D eigenvalue weighted by Crippen LogP contribution is 2.36. The fourth-order valence-electron chi connectivity index (χ4n) is 4.93. The number of benzene rings is 3. The molecule has 0 N–H and O–H groups in total. The maximum absolute atomic E-state index is 13.4. The molecule has 3 aromatic rings. The number of fused-ring (bicyclic) bond motifs is 1. The zero-order chi connectivity index (χ0) is 24.6. The van der Waals surface area contributed by atoms with Crippen molar-refractivity contribution < 1.29 is 17.9 Å². The molecule has 0 saturated carbocycles. The van der Waals surface area contributed by atoms with Gasteiger partial charge in [0.1, 0.15) is 5.75 Å². The summed E-state index contributed by atoms with van der Waals surface area (Å²) in [7, 11) is -1.99. The molecule has 8 heteroatoms. The van der Waals surface area contributed by atoms with Crippen LogP contribution in [0.3, 0.4) is 0 Å². The molecular weight excluding hydrogens is 462 g/mol. The Bertz CT molecular complexity index is 1320. The highest BCUT2D eigenvalue weighted by molar-refractivity contribution is 7.89. The summed E-state index contributed by atoms with van der Waals surface area (Å²) in [6, 6.07) is 22.1. The average Bonchev–Trinajstić information content (AvgIpc) is 3.23. The van der Waals surface area contributed by atoms with Crippen molar-refractivity contribution in [2.75, 3.05) is 43.1 Å². The van der Waals surface area contributed by atoms with Gasteiger partial charge in [0.2, 0.25) is 10.0 Å². The van der Waals surface area contributed by atoms with E-state index in [1.807, 2.05) is 49.4 Å². The molecule has 0 spiro atoms. The van der Waals surface area contributed by atoms with E-state index in [4.69, 9.17) is 4.74 Å². The summed E-state index contributed by atoms with van der Waals surface area (Å²) in [5.41, 5.74) is 3.35. The van der Waals surface area contributed by atoms with Crippen molar-refractivity contribution >= 4 is 27.3 Å². The third-order valence-electron chi connectivity index (χ3n) is 6.82. The quantitative estimate of drug-likeness (QED) is 0.543. The summed E-state index contributed by atoms with van der Waals surface area (Å²) in [5.74, 6) is 0.729. The molecule has 3 aromatic carbocycles. The van der Waals surface area contributed by atoms with Crippen LogP contribution >= 0.6 is 0 Å². The third-order valence-corrected chi connectivity index (χ3v) is 8.71. The normalized spacial score (nSPS) is 18.4. The van der Waals surface area contributed by atoms with Crippen LogP contribution < -0.4 is 14.5 Å². The van der Waals surface area contributed by atoms with Crippen molar-refractivity contribution in [2.45, 2.75) is 24.3 Å². The van der Waals surface area contributed by atoms with Crippen molar-refractivity contribution in [3.05, 3.63) is 83.9 Å². The Morgan fingerprint density at radius 1 is 0.914 bits per heavy atom. The molecule has 0 aliphatic carbocycles. The summed E-state index contributed by atoms with van der Waals surface area (Å²) in [5, 5.41) is 0. The molecule has 0 unspecified atom stereocenters. The first-order chi connectivity index (χ1) is 16.9. The standard InChI is InChI=1S/C27H29N3O4S/c1-20-18-22-19-25(12-13-26(22)30(20)27(31)21-6-4-3-5-7-21)35(32,33)29-16-14-28(15-17-29)23-8-10-24(34-2)11-9-23/h3-13,19-20H,14-18H2,1-2H3/t20-/m1/s1. The summed E-state index contributed by atoms with van der Waals surface area (Å²) >= 11 is 0. The van der Waals surface area contributed by atoms with Gasteiger partial charge in [0.25, 0.3) is 5.91 Å². The van der Waals surface area contributed by atoms with Gasteiger partial charge in [-0.3, -0.25) is 4.79 Å². The largest absolute Gasteiger partial charge is 0.497 e. The topological polar surface area (TPSA) is 70.2 Å². The van der Waals surface area contributed by atoms with E-state index in [2.05, 4.69) is 4.90 Å². The fraction of sp³-hybridized carbons (Fsp3) is 0.296. The number of carbonyl (C=O) groups is 1. The van der Waals surface area contributed by atoms with Gasteiger partial charge in [-0.05, 0) is 73.5 Å². The molecule has 2 aliphatic heterocycles. The van der Waals surface area contributed by atoms with Crippen molar-refractivity contribution in [3.8, 4) is 5.75 Å². The van der Waals surface area contributed by atoms with E-state index < -0.39 is 10.0 Å². The van der Waals surface area contributed by atoms with Gasteiger partial charge >= 0.3 is 0 Å². The minimum atomic E-state index is -3.62. The second-order valence-corrected chi connectivity index (χ2v) is 10.9. The van der Waals surface area contributed by atoms with E-state index in [1.54, 1.807) is 46.6 Å². The first kappa shape index (κ1) is 23.4. The number of amides is 1. The molecule has 1 saturated heterocycles. The number of anilines is 2. The summed E-state index contributed by atoms with van der Waals surface area (Å²) in [6.07, 6.45) is 0.627. The molecule has 0 aromatic heterocycles. The van der Waals surface area contributed by atoms with E-state index in [-0.39, 0.29) is 16.8 Å². The second kappa shape index (κ2) is 9.36. The highest BCUT2D eigenvalue weighted by atomic mass is 32.2. The predicted octanol–water partition coefficient (Wildman–Crippen LogP) is 3.80. The Morgan fingerprint density at radius 3 is 2.26 bits per heavy atom. The van der Waals surface area contributed by atoms with Crippen LogP contribution in [-0.4, -0.2) is 58.0 Å². The van der Waals surface area contributed by atoms with Gasteiger partial charge in [0.15, 0.2) is 0 Å². The Hall–Kier alpha value is -3.36. The van der Waals surface area contributed by atoms with Gasteiger partial charge in [0.05, 0.1) is 12.0 Å². The number of methoxy groups -OCH3 is 1. The molecule has 7 nitrogen and oxygen atoms in total. The number of hydrogen-bond donors (Lipinski definition) is 0. The van der Waals surface area contributed by atoms with Gasteiger partial charge in [-0.15, -0.1) is 0 Å². The van der Waals surface area contributed by atoms with Crippen molar-refractivity contribution in [1.82, 2.24) is 4.31 Å². The first-order valence-electron chi connectivity index (χ1n) is 11.8. The van der Waals surface area contributed by atoms with Gasteiger partial charge in [-0.1, -0.05) is 18.2 Å². The minimum absolute atomic E-state index is 0.0382. The van der Waals surface area contributed by atoms with E-state index in [0.29, 0.717) is 38.2 Å². The Kier molecular flexibility index (Phi) is 6.25. The molecule has 2 aliphatic rings. The van der Waals surface area contributed by atoms with Gasteiger partial charge < -0.3 is 14.5 Å². The number of piperazine rings is 1. The molecule has 182 valence electrons. The monoisotopic (exact) mass is 491 g/mol. The third kappa shape index (κ3) is 4.39. The van der Waals surface area contributed by atoms with Crippen molar-refractivity contribution in [1.29, 1.82) is 0 Å². The molecule has 0 bridgehead atoms. The van der Waals surface area contributed by atoms with Crippen LogP contribution in [0.15, 0.2) is 77.7 Å². The van der Waals surface area contributed by atoms with E-state index in [1.165, 1.54) is 0 Å². The van der Waals surface area contributed by atoms with Crippen LogP contribution in [0.1, 0.15) is 22.8 Å². The SMILES string of the molecule is COc1ccc(N2CCN(S(=O)(=O)c3ccc4c(c3)C[C@@H](C)N4C(=O)c3ccccc3)CC2)cc1. The predicted molar refractivity (Wildman–Crippen MR) is 137 cm³/mol. The van der Waals surface area contributed by atoms with Gasteiger partial charge in [0, 0.05) is 49.2 Å². The maximum Gasteiger partial charge on any atom is 0.258 e. The van der Waals surface area contributed by atoms with Gasteiger partial charge in [-0.25, -0.2) is 8.42 Å². The lowest BCUT2D eigenvalue weighted by atomic mass is 10.1. The lowest BCUT2D eigenvalue weighted by Crippen LogP contribution is -2.48. The molecular formula is C27H29N3O4S. The van der Waals surface area contributed by atoms with Gasteiger partial charge in [-0.2, -0.15) is 4.31 Å². The molecule has 1 fully saturated rings. The van der Waals surface area contributed by atoms with Crippen molar-refractivity contribution in [2.24, 2.45) is 0 Å². The Labute approximate surface area is 206 Å². The van der Waals surface area contributed by atoms with Crippen LogP contribution in [0.25, 0.3) is 0 Å². The number of rotatable bonds is 5. The highest BCUT2D eigenvalue weighted by Gasteiger charge is 2.34. The summed E-state index contributed by atoms with van der Waals surface area (Å²) < 4.78 is 33.7. The van der Waals surface area contributed by atoms with E-state index in [9.17, 15) is 13.2 Å². The smallest absolute Gasteiger partial charge is 0.258 e. The Morgan fingerprint density at radius 2 is 1.60 bits per heavy atom. The molecule has 1 amide bonds. The average molecular weight is 492 g/mol. The summed E-state index contributed by atoms with van der Waals surface area (Å²) in [6.45, 7) is 4.06. The number of ether oxygens (including phenoxy) is 1. The van der Waals surface area contributed by atoms with Crippen LogP contribution in [-0.2, 0) is 16.4 Å². The van der Waals surface area contributed by atoms with E-state index >= 15 is 0 Å². The van der Waals surface area contributed by atoms with Crippen LogP contribution in [0.2, 0.25) is 0 Å². The lowest BCUT2D eigenvalue weighted by molar-refractivity contribution is 0.0981. The number of carbonyl (C=O) groups excluding carboxylic acids is 1. The van der Waals surface area contributed by atoms with Crippen LogP contribution in [0.5, 0.6) is 5.75 Å². The number of nitrogens with zero attached hydrogens (tertiary/aromatic N) is 3. The van der Waals surface area contributed by atoms with Crippen LogP contribution in [0.4, 0.5) is 11.4 Å².